The molecule has 1 amide bonds. The van der Waals surface area contributed by atoms with Crippen molar-refractivity contribution in [2.75, 3.05) is 11.9 Å². The van der Waals surface area contributed by atoms with E-state index in [0.29, 0.717) is 0 Å². The number of nitrogens with one attached hydrogen (secondary N) is 2. The molecule has 0 saturated heterocycles. The summed E-state index contributed by atoms with van der Waals surface area (Å²) in [5.41, 5.74) is 2.74. The molecular formula is C18H23N5O. The largest absolute Gasteiger partial charge is 0.369 e. The summed E-state index contributed by atoms with van der Waals surface area (Å²) in [6.07, 6.45) is 9.11. The number of fused-ring (bicyclic) bond motifs is 1. The fourth-order valence-corrected chi connectivity index (χ4v) is 2.77. The van der Waals surface area contributed by atoms with Gasteiger partial charge in [0.1, 0.15) is 5.82 Å². The van der Waals surface area contributed by atoms with Gasteiger partial charge in [0.25, 0.3) is 0 Å². The molecule has 24 heavy (non-hydrogen) atoms. The Hall–Kier alpha value is -2.63. The quantitative estimate of drug-likeness (QED) is 0.886. The first-order chi connectivity index (χ1) is 11.6. The highest BCUT2D eigenvalue weighted by Gasteiger charge is 2.20. The first-order valence-corrected chi connectivity index (χ1v) is 8.34. The van der Waals surface area contributed by atoms with Gasteiger partial charge in [-0.15, -0.1) is 5.10 Å². The number of anilines is 1. The van der Waals surface area contributed by atoms with Gasteiger partial charge in [-0.1, -0.05) is 32.1 Å². The molecule has 0 aromatic carbocycles. The molecule has 2 aromatic heterocycles. The molecule has 2 unspecified atom stereocenters. The van der Waals surface area contributed by atoms with Gasteiger partial charge in [0.05, 0.1) is 17.9 Å². The number of allylic oxidation sites excluding steroid dienone is 2. The van der Waals surface area contributed by atoms with Crippen LogP contribution in [-0.4, -0.2) is 33.1 Å². The van der Waals surface area contributed by atoms with Gasteiger partial charge in [-0.05, 0) is 30.0 Å². The molecule has 0 spiro atoms. The van der Waals surface area contributed by atoms with Crippen molar-refractivity contribution in [2.45, 2.75) is 33.2 Å². The number of nitrogens with zero attached hydrogens (tertiary/aromatic N) is 3. The van der Waals surface area contributed by atoms with Crippen LogP contribution in [0.5, 0.6) is 0 Å². The van der Waals surface area contributed by atoms with Gasteiger partial charge >= 0.3 is 0 Å². The van der Waals surface area contributed by atoms with E-state index in [2.05, 4.69) is 52.8 Å². The van der Waals surface area contributed by atoms with E-state index in [-0.39, 0.29) is 17.9 Å². The van der Waals surface area contributed by atoms with Crippen LogP contribution in [-0.2, 0) is 4.79 Å². The third-order valence-corrected chi connectivity index (χ3v) is 4.09. The first kappa shape index (κ1) is 16.2. The molecule has 1 aliphatic rings. The minimum atomic E-state index is -0.0277. The summed E-state index contributed by atoms with van der Waals surface area (Å²) in [4.78, 5) is 15.8. The lowest BCUT2D eigenvalue weighted by atomic mass is 9.92. The van der Waals surface area contributed by atoms with Crippen molar-refractivity contribution in [3.05, 3.63) is 42.3 Å². The number of rotatable bonds is 5. The molecule has 6 heteroatoms. The number of carbonyl (C=O) groups excluding carboxylic acids is 1. The number of aromatic nitrogens is 3. The summed E-state index contributed by atoms with van der Waals surface area (Å²) >= 11 is 0. The second-order valence-electron chi connectivity index (χ2n) is 6.13. The van der Waals surface area contributed by atoms with Crippen LogP contribution in [0.2, 0.25) is 0 Å². The van der Waals surface area contributed by atoms with E-state index in [4.69, 9.17) is 0 Å². The zero-order valence-electron chi connectivity index (χ0n) is 14.3. The Bertz CT molecular complexity index is 805. The molecule has 6 nitrogen and oxygen atoms in total. The first-order valence-electron chi connectivity index (χ1n) is 8.34. The van der Waals surface area contributed by atoms with Crippen LogP contribution in [0.3, 0.4) is 0 Å². The second kappa shape index (κ2) is 6.86. The molecule has 0 saturated carbocycles. The fourth-order valence-electron chi connectivity index (χ4n) is 2.77. The van der Waals surface area contributed by atoms with Crippen LogP contribution < -0.4 is 10.6 Å². The van der Waals surface area contributed by atoms with Gasteiger partial charge < -0.3 is 10.6 Å². The summed E-state index contributed by atoms with van der Waals surface area (Å²) in [5.74, 6) is 1.06. The lowest BCUT2D eigenvalue weighted by Gasteiger charge is -2.23. The van der Waals surface area contributed by atoms with E-state index in [0.717, 1.165) is 35.7 Å². The van der Waals surface area contributed by atoms with Gasteiger partial charge in [-0.2, -0.15) is 0 Å². The molecule has 3 rings (SSSR count). The minimum absolute atomic E-state index is 0.0190. The van der Waals surface area contributed by atoms with E-state index in [9.17, 15) is 4.79 Å². The predicted octanol–water partition coefficient (Wildman–Crippen LogP) is 2.65. The van der Waals surface area contributed by atoms with Crippen LogP contribution in [0.15, 0.2) is 36.6 Å². The maximum Gasteiger partial charge on any atom is 0.217 e. The lowest BCUT2D eigenvalue weighted by Crippen LogP contribution is -2.37. The van der Waals surface area contributed by atoms with Gasteiger partial charge in [0.2, 0.25) is 5.91 Å². The van der Waals surface area contributed by atoms with Crippen molar-refractivity contribution in [3.63, 3.8) is 0 Å². The SMILES string of the molecule is CCCNc1ccc2ncc(C3=CC(NC(C)=O)C(C)C=C3)n2n1. The molecule has 2 aromatic rings. The fraction of sp³-hybridized carbons (Fsp3) is 0.389. The molecule has 126 valence electrons. The van der Waals surface area contributed by atoms with Crippen molar-refractivity contribution in [3.8, 4) is 0 Å². The summed E-state index contributed by atoms with van der Waals surface area (Å²) in [6.45, 7) is 6.63. The van der Waals surface area contributed by atoms with Crippen molar-refractivity contribution in [2.24, 2.45) is 5.92 Å². The van der Waals surface area contributed by atoms with Crippen LogP contribution >= 0.6 is 0 Å². The van der Waals surface area contributed by atoms with Crippen LogP contribution in [0, 0.1) is 5.92 Å². The van der Waals surface area contributed by atoms with E-state index >= 15 is 0 Å². The molecule has 2 N–H and O–H groups in total. The Kier molecular flexibility index (Phi) is 4.64. The van der Waals surface area contributed by atoms with Crippen LogP contribution in [0.1, 0.15) is 32.9 Å². The second-order valence-corrected chi connectivity index (χ2v) is 6.13. The van der Waals surface area contributed by atoms with Crippen molar-refractivity contribution in [1.29, 1.82) is 0 Å². The maximum absolute atomic E-state index is 11.4. The third kappa shape index (κ3) is 3.32. The Morgan fingerprint density at radius 3 is 2.96 bits per heavy atom. The zero-order valence-corrected chi connectivity index (χ0v) is 14.3. The maximum atomic E-state index is 11.4. The van der Waals surface area contributed by atoms with Crippen LogP contribution in [0.4, 0.5) is 5.82 Å². The topological polar surface area (TPSA) is 71.3 Å². The van der Waals surface area contributed by atoms with Gasteiger partial charge in [0, 0.05) is 13.5 Å². The van der Waals surface area contributed by atoms with Crippen molar-refractivity contribution < 1.29 is 4.79 Å². The number of amides is 1. The highest BCUT2D eigenvalue weighted by atomic mass is 16.1. The lowest BCUT2D eigenvalue weighted by molar-refractivity contribution is -0.119. The van der Waals surface area contributed by atoms with Crippen molar-refractivity contribution >= 4 is 22.9 Å². The molecule has 1 aliphatic carbocycles. The normalized spacial score (nSPS) is 20.0. The highest BCUT2D eigenvalue weighted by Crippen LogP contribution is 2.25. The summed E-state index contributed by atoms with van der Waals surface area (Å²) in [5, 5.41) is 10.9. The summed E-state index contributed by atoms with van der Waals surface area (Å²) < 4.78 is 1.84. The third-order valence-electron chi connectivity index (χ3n) is 4.09. The molecular weight excluding hydrogens is 302 g/mol. The molecule has 0 fully saturated rings. The van der Waals surface area contributed by atoms with Crippen LogP contribution in [0.25, 0.3) is 11.2 Å². The molecule has 0 aliphatic heterocycles. The summed E-state index contributed by atoms with van der Waals surface area (Å²) in [7, 11) is 0. The number of imidazole rings is 1. The number of hydrogen-bond acceptors (Lipinski definition) is 4. The Morgan fingerprint density at radius 2 is 2.21 bits per heavy atom. The van der Waals surface area contributed by atoms with Gasteiger partial charge in [-0.3, -0.25) is 4.79 Å². The molecule has 0 radical (unpaired) electrons. The molecule has 2 heterocycles. The summed E-state index contributed by atoms with van der Waals surface area (Å²) in [6, 6.07) is 3.87. The number of carbonyl (C=O) groups is 1. The standard InChI is InChI=1S/C18H23N5O/c1-4-9-19-17-7-8-18-20-11-16(23(18)22-17)14-6-5-12(2)15(10-14)21-13(3)24/h5-8,10-12,15H,4,9H2,1-3H3,(H,19,22)(H,21,24). The Morgan fingerprint density at radius 1 is 1.38 bits per heavy atom. The van der Waals surface area contributed by atoms with Gasteiger partial charge in [0.15, 0.2) is 5.65 Å². The molecule has 0 bridgehead atoms. The minimum Gasteiger partial charge on any atom is -0.369 e. The van der Waals surface area contributed by atoms with Crippen molar-refractivity contribution in [1.82, 2.24) is 19.9 Å². The van der Waals surface area contributed by atoms with E-state index < -0.39 is 0 Å². The van der Waals surface area contributed by atoms with E-state index in [1.54, 1.807) is 6.92 Å². The highest BCUT2D eigenvalue weighted by molar-refractivity contribution is 5.78. The Balaban J connectivity index is 1.96. The van der Waals surface area contributed by atoms with Gasteiger partial charge in [-0.25, -0.2) is 9.50 Å². The smallest absolute Gasteiger partial charge is 0.217 e. The molecule has 2 atom stereocenters. The zero-order chi connectivity index (χ0) is 17.1. The Labute approximate surface area is 141 Å². The monoisotopic (exact) mass is 325 g/mol. The van der Waals surface area contributed by atoms with E-state index in [1.807, 2.05) is 22.8 Å². The average Bonchev–Trinajstić information content (AvgIpc) is 2.97. The average molecular weight is 325 g/mol. The number of hydrogen-bond donors (Lipinski definition) is 2. The predicted molar refractivity (Wildman–Crippen MR) is 95.7 cm³/mol. The van der Waals surface area contributed by atoms with E-state index in [1.165, 1.54) is 0 Å².